The summed E-state index contributed by atoms with van der Waals surface area (Å²) >= 11 is 0. The number of hydrogen-bond acceptors (Lipinski definition) is 11. The minimum atomic E-state index is -1.65. The number of carbonyl (C=O) groups excluding carboxylic acids is 2. The van der Waals surface area contributed by atoms with Gasteiger partial charge in [-0.15, -0.1) is 0 Å². The lowest BCUT2D eigenvalue weighted by molar-refractivity contribution is -0.309. The van der Waals surface area contributed by atoms with E-state index >= 15 is 0 Å². The van der Waals surface area contributed by atoms with Gasteiger partial charge in [-0.05, 0) is 68.1 Å². The molecular formula is C28H44O11. The second kappa shape index (κ2) is 10.3. The molecule has 0 spiro atoms. The molecule has 14 atom stereocenters. The van der Waals surface area contributed by atoms with E-state index in [2.05, 4.69) is 11.7 Å². The third kappa shape index (κ3) is 4.31. The Balaban J connectivity index is 1.30. The van der Waals surface area contributed by atoms with E-state index in [0.29, 0.717) is 32.1 Å². The zero-order chi connectivity index (χ0) is 28.5. The Morgan fingerprint density at radius 2 is 1.79 bits per heavy atom. The maximum Gasteiger partial charge on any atom is 0.337 e. The number of aliphatic hydroxyl groups excluding tert-OH is 5. The molecular weight excluding hydrogens is 512 g/mol. The number of methoxy groups -OCH3 is 1. The highest BCUT2D eigenvalue weighted by Crippen LogP contribution is 2.67. The molecule has 39 heavy (non-hydrogen) atoms. The monoisotopic (exact) mass is 556 g/mol. The van der Waals surface area contributed by atoms with Crippen LogP contribution in [0.2, 0.25) is 0 Å². The molecule has 4 aliphatic carbocycles. The zero-order valence-electron chi connectivity index (χ0n) is 22.9. The largest absolute Gasteiger partial charge is 0.467 e. The summed E-state index contributed by atoms with van der Waals surface area (Å²) in [6.45, 7) is 3.53. The lowest BCUT2D eigenvalue weighted by Gasteiger charge is -2.61. The van der Waals surface area contributed by atoms with Crippen molar-refractivity contribution in [3.05, 3.63) is 0 Å². The molecule has 0 radical (unpaired) electrons. The van der Waals surface area contributed by atoms with Gasteiger partial charge in [-0.3, -0.25) is 4.79 Å². The normalized spacial score (nSPS) is 52.4. The first kappa shape index (κ1) is 29.3. The fourth-order valence-electron chi connectivity index (χ4n) is 9.35. The summed E-state index contributed by atoms with van der Waals surface area (Å²) in [7, 11) is 1.14. The van der Waals surface area contributed by atoms with Crippen LogP contribution in [0.5, 0.6) is 0 Å². The molecule has 0 aromatic carbocycles. The lowest BCUT2D eigenvalue weighted by atomic mass is 9.44. The Morgan fingerprint density at radius 1 is 1.08 bits per heavy atom. The minimum absolute atomic E-state index is 0.0760. The van der Waals surface area contributed by atoms with Crippen LogP contribution in [0.4, 0.5) is 0 Å². The highest BCUT2D eigenvalue weighted by atomic mass is 16.7. The van der Waals surface area contributed by atoms with Crippen molar-refractivity contribution < 1.29 is 54.4 Å². The molecule has 1 saturated heterocycles. The predicted octanol–water partition coefficient (Wildman–Crippen LogP) is -0.342. The summed E-state index contributed by atoms with van der Waals surface area (Å²) in [6.07, 6.45) is -4.42. The number of fused-ring (bicyclic) bond motifs is 5. The van der Waals surface area contributed by atoms with Gasteiger partial charge in [0.15, 0.2) is 12.4 Å². The van der Waals surface area contributed by atoms with Gasteiger partial charge in [0.05, 0.1) is 25.4 Å². The van der Waals surface area contributed by atoms with Crippen LogP contribution in [0.25, 0.3) is 0 Å². The van der Waals surface area contributed by atoms with E-state index in [1.165, 1.54) is 0 Å². The van der Waals surface area contributed by atoms with Gasteiger partial charge in [0.25, 0.3) is 0 Å². The van der Waals surface area contributed by atoms with E-state index in [-0.39, 0.29) is 47.4 Å². The molecule has 0 unspecified atom stereocenters. The third-order valence-electron chi connectivity index (χ3n) is 11.6. The zero-order valence-corrected chi connectivity index (χ0v) is 22.9. The number of carbonyl (C=O) groups is 2. The summed E-state index contributed by atoms with van der Waals surface area (Å²) < 4.78 is 16.3. The quantitative estimate of drug-likeness (QED) is 0.192. The van der Waals surface area contributed by atoms with Crippen molar-refractivity contribution in [2.24, 2.45) is 34.5 Å². The number of hydrogen-bond donors (Lipinski definition) is 6. The number of esters is 1. The van der Waals surface area contributed by atoms with Gasteiger partial charge < -0.3 is 44.8 Å². The van der Waals surface area contributed by atoms with Gasteiger partial charge in [0, 0.05) is 17.8 Å². The third-order valence-corrected chi connectivity index (χ3v) is 11.6. The molecule has 5 aliphatic rings. The molecule has 11 nitrogen and oxygen atoms in total. The standard InChI is InChI=1S/C28H44O11/c1-26-8-6-14(38-25-22(34)20(32)21(33)23(39-25)24(35)37-3)10-13(26)4-5-15-16-7-9-28(36,18(31)12-29)27(16,2)11-17(30)19(15)26/h13-16,18-23,25,29,31-34,36H,4-12H2,1-3H3/t13-,14-,15+,16-,18-,19-,20-,21-,22-,23+,25-,26-,27-,28+/m1/s1. The van der Waals surface area contributed by atoms with Crippen molar-refractivity contribution in [2.75, 3.05) is 13.7 Å². The van der Waals surface area contributed by atoms with E-state index in [9.17, 15) is 40.2 Å². The maximum absolute atomic E-state index is 13.8. The lowest BCUT2D eigenvalue weighted by Crippen LogP contribution is -2.63. The van der Waals surface area contributed by atoms with E-state index in [1.54, 1.807) is 0 Å². The first-order chi connectivity index (χ1) is 18.3. The Labute approximate surface area is 228 Å². The molecule has 0 bridgehead atoms. The maximum atomic E-state index is 13.8. The fraction of sp³-hybridized carbons (Fsp3) is 0.929. The van der Waals surface area contributed by atoms with Crippen LogP contribution in [0.1, 0.15) is 65.2 Å². The first-order valence-electron chi connectivity index (χ1n) is 14.3. The summed E-state index contributed by atoms with van der Waals surface area (Å²) in [4.78, 5) is 25.9. The molecule has 6 N–H and O–H groups in total. The van der Waals surface area contributed by atoms with Crippen molar-refractivity contribution >= 4 is 11.8 Å². The van der Waals surface area contributed by atoms with Gasteiger partial charge >= 0.3 is 5.97 Å². The fourth-order valence-corrected chi connectivity index (χ4v) is 9.35. The van der Waals surface area contributed by atoms with Crippen molar-refractivity contribution in [3.63, 3.8) is 0 Å². The number of Topliss-reactive ketones (excluding diaryl/α,β-unsaturated/α-hetero) is 1. The molecule has 1 aliphatic heterocycles. The Kier molecular flexibility index (Phi) is 7.72. The first-order valence-corrected chi connectivity index (χ1v) is 14.3. The van der Waals surface area contributed by atoms with E-state index in [1.807, 2.05) is 6.92 Å². The summed E-state index contributed by atoms with van der Waals surface area (Å²) in [5, 5.41) is 62.5. The second-order valence-corrected chi connectivity index (χ2v) is 13.2. The van der Waals surface area contributed by atoms with E-state index in [0.717, 1.165) is 20.0 Å². The van der Waals surface area contributed by atoms with E-state index in [4.69, 9.17) is 9.47 Å². The smallest absolute Gasteiger partial charge is 0.337 e. The Hall–Kier alpha value is -1.18. The summed E-state index contributed by atoms with van der Waals surface area (Å²) in [5.74, 6) is -0.588. The van der Waals surface area contributed by atoms with Crippen LogP contribution < -0.4 is 0 Å². The molecule has 1 heterocycles. The molecule has 5 fully saturated rings. The second-order valence-electron chi connectivity index (χ2n) is 13.2. The van der Waals surface area contributed by atoms with Crippen molar-refractivity contribution in [1.29, 1.82) is 0 Å². The van der Waals surface area contributed by atoms with Crippen molar-refractivity contribution in [1.82, 2.24) is 0 Å². The Bertz CT molecular complexity index is 960. The molecule has 0 aromatic rings. The van der Waals surface area contributed by atoms with Gasteiger partial charge in [-0.25, -0.2) is 4.79 Å². The minimum Gasteiger partial charge on any atom is -0.467 e. The number of aliphatic hydroxyl groups is 6. The predicted molar refractivity (Wildman–Crippen MR) is 134 cm³/mol. The molecule has 5 rings (SSSR count). The Morgan fingerprint density at radius 3 is 2.46 bits per heavy atom. The van der Waals surface area contributed by atoms with Crippen LogP contribution in [-0.2, 0) is 23.8 Å². The average molecular weight is 557 g/mol. The van der Waals surface area contributed by atoms with Gasteiger partial charge in [-0.2, -0.15) is 0 Å². The molecule has 0 aromatic heterocycles. The van der Waals surface area contributed by atoms with Crippen LogP contribution in [0.15, 0.2) is 0 Å². The van der Waals surface area contributed by atoms with Crippen molar-refractivity contribution in [3.8, 4) is 0 Å². The average Bonchev–Trinajstić information content (AvgIpc) is 3.18. The van der Waals surface area contributed by atoms with Crippen LogP contribution in [0.3, 0.4) is 0 Å². The SMILES string of the molecule is COC(=O)[C@H]1O[C@@H](O[C@@H]2CC[C@]3(C)[C@H](CC[C@H]4[C@H]5CC[C@](O)([C@H](O)CO)[C@]5(C)CC(=O)[C@@H]43)C2)[C@H](O)[C@H](O)[C@H]1O. The van der Waals surface area contributed by atoms with Crippen molar-refractivity contribution in [2.45, 2.75) is 114 Å². The highest BCUT2D eigenvalue weighted by molar-refractivity contribution is 5.84. The summed E-state index contributed by atoms with van der Waals surface area (Å²) in [6, 6.07) is 0. The number of ketones is 1. The van der Waals surface area contributed by atoms with Crippen LogP contribution in [-0.4, -0.2) is 105 Å². The van der Waals surface area contributed by atoms with Crippen LogP contribution >= 0.6 is 0 Å². The number of rotatable bonds is 5. The molecule has 0 amide bonds. The molecule has 11 heteroatoms. The van der Waals surface area contributed by atoms with Gasteiger partial charge in [-0.1, -0.05) is 13.8 Å². The summed E-state index contributed by atoms with van der Waals surface area (Å²) in [5.41, 5.74) is -2.54. The molecule has 4 saturated carbocycles. The van der Waals surface area contributed by atoms with E-state index < -0.39 is 60.4 Å². The van der Waals surface area contributed by atoms with Gasteiger partial charge in [0.1, 0.15) is 30.2 Å². The molecule has 222 valence electrons. The highest BCUT2D eigenvalue weighted by Gasteiger charge is 2.68. The van der Waals surface area contributed by atoms with Gasteiger partial charge in [0.2, 0.25) is 0 Å². The number of ether oxygens (including phenoxy) is 3. The topological polar surface area (TPSA) is 183 Å². The van der Waals surface area contributed by atoms with Crippen LogP contribution in [0, 0.1) is 34.5 Å².